The number of hydrogen-bond acceptors (Lipinski definition) is 2. The molecule has 0 saturated carbocycles. The lowest BCUT2D eigenvalue weighted by Gasteiger charge is -2.29. The zero-order chi connectivity index (χ0) is 47.8. The van der Waals surface area contributed by atoms with E-state index in [-0.39, 0.29) is 0 Å². The van der Waals surface area contributed by atoms with E-state index in [1.54, 1.807) is 0 Å². The Hall–Kier alpha value is -8.46. The fraction of sp³-hybridized carbons (Fsp3) is 0.101. The number of benzene rings is 9. The fourth-order valence-corrected chi connectivity index (χ4v) is 10.4. The summed E-state index contributed by atoms with van der Waals surface area (Å²) >= 11 is 0. The maximum absolute atomic E-state index is 2.50. The van der Waals surface area contributed by atoms with Gasteiger partial charge in [0.15, 0.2) is 0 Å². The van der Waals surface area contributed by atoms with E-state index in [2.05, 4.69) is 278 Å². The predicted octanol–water partition coefficient (Wildman–Crippen LogP) is 18.5. The maximum atomic E-state index is 2.50. The zero-order valence-corrected chi connectivity index (χ0v) is 40.5. The molecule has 2 heteroatoms. The van der Waals surface area contributed by atoms with Gasteiger partial charge in [0.25, 0.3) is 0 Å². The Morgan fingerprint density at radius 2 is 1.24 bits per heavy atom. The van der Waals surface area contributed by atoms with Crippen LogP contribution in [0.5, 0.6) is 0 Å². The van der Waals surface area contributed by atoms with Gasteiger partial charge in [-0.05, 0) is 151 Å². The molecule has 0 N–H and O–H groups in total. The van der Waals surface area contributed by atoms with Crippen LogP contribution in [0.4, 0.5) is 22.7 Å². The highest BCUT2D eigenvalue weighted by atomic mass is 15.1. The molecule has 344 valence electrons. The van der Waals surface area contributed by atoms with Crippen LogP contribution in [0, 0.1) is 0 Å². The van der Waals surface area contributed by atoms with Crippen LogP contribution in [0.2, 0.25) is 0 Å². The number of rotatable bonds is 12. The molecule has 1 heterocycles. The smallest absolute Gasteiger partial charge is 0.0484 e. The summed E-state index contributed by atoms with van der Waals surface area (Å²) in [6, 6.07) is 77.8. The molecular formula is C69H58N2. The number of anilines is 4. The number of nitrogens with zero attached hydrogens (tertiary/aromatic N) is 2. The maximum Gasteiger partial charge on any atom is 0.0484 e. The van der Waals surface area contributed by atoms with Crippen molar-refractivity contribution in [2.75, 3.05) is 22.9 Å². The number of hydrogen-bond donors (Lipinski definition) is 0. The van der Waals surface area contributed by atoms with Crippen molar-refractivity contribution >= 4 is 55.4 Å². The summed E-state index contributed by atoms with van der Waals surface area (Å²) in [7, 11) is 0. The van der Waals surface area contributed by atoms with Gasteiger partial charge in [0.1, 0.15) is 0 Å². The average molecular weight is 915 g/mol. The molecule has 0 bridgehead atoms. The van der Waals surface area contributed by atoms with E-state index in [1.807, 2.05) is 0 Å². The molecule has 0 radical (unpaired) electrons. The SMILES string of the molecule is CC/C=C(\C=C/CN(c1ccc(-c2ccc(-c3cccc4ccccc34)cc2)cc1)c1cccc(/C2=C/C=C(/C3=CC=CCC3)CN(c3ccccc3)c3ccccc3C2)c1)c1ccc2ccccc2c1. The summed E-state index contributed by atoms with van der Waals surface area (Å²) in [6.45, 7) is 3.70. The van der Waals surface area contributed by atoms with Gasteiger partial charge >= 0.3 is 0 Å². The van der Waals surface area contributed by atoms with E-state index in [9.17, 15) is 0 Å². The molecule has 1 aliphatic heterocycles. The van der Waals surface area contributed by atoms with Crippen molar-refractivity contribution in [3.8, 4) is 22.3 Å². The fourth-order valence-electron chi connectivity index (χ4n) is 10.4. The lowest BCUT2D eigenvalue weighted by molar-refractivity contribution is 0.933. The van der Waals surface area contributed by atoms with Gasteiger partial charge in [-0.25, -0.2) is 0 Å². The van der Waals surface area contributed by atoms with Crippen molar-refractivity contribution in [3.63, 3.8) is 0 Å². The molecule has 0 unspecified atom stereocenters. The topological polar surface area (TPSA) is 6.48 Å². The van der Waals surface area contributed by atoms with Crippen molar-refractivity contribution in [2.24, 2.45) is 0 Å². The lowest BCUT2D eigenvalue weighted by Crippen LogP contribution is -2.22. The molecule has 9 aromatic carbocycles. The highest BCUT2D eigenvalue weighted by Crippen LogP contribution is 2.38. The standard InChI is InChI=1S/C69H58N2/c1-2-18-51(60-39-36-53-21-9-10-23-58(53)47-60)27-17-46-70(65-44-42-55(43-45-65)54-34-37-57(38-35-54)68-32-16-25-56-22-11-13-31-67(56)68)66-30-15-26-59(49-66)61-40-41-63(52-19-5-3-6-20-52)50-71(64-28-7-4-8-29-64)69-33-14-12-24-62(69)48-61/h3-5,7-19,21-45,47,49H,2,6,20,46,48,50H2,1H3/b27-17-,51-18+,61-40+,63-41+. The molecule has 11 rings (SSSR count). The van der Waals surface area contributed by atoms with E-state index in [0.717, 1.165) is 43.6 Å². The van der Waals surface area contributed by atoms with Crippen LogP contribution in [0.3, 0.4) is 0 Å². The van der Waals surface area contributed by atoms with E-state index in [1.165, 1.54) is 94.2 Å². The second-order valence-corrected chi connectivity index (χ2v) is 18.6. The normalized spacial score (nSPS) is 15.5. The summed E-state index contributed by atoms with van der Waals surface area (Å²) in [5.41, 5.74) is 18.7. The Morgan fingerprint density at radius 3 is 2.06 bits per heavy atom. The van der Waals surface area contributed by atoms with Gasteiger partial charge in [-0.15, -0.1) is 0 Å². The van der Waals surface area contributed by atoms with Crippen LogP contribution in [-0.4, -0.2) is 13.1 Å². The quantitative estimate of drug-likeness (QED) is 0.113. The van der Waals surface area contributed by atoms with Crippen molar-refractivity contribution < 1.29 is 0 Å². The summed E-state index contributed by atoms with van der Waals surface area (Å²) in [5.74, 6) is 0. The number of fused-ring (bicyclic) bond motifs is 3. The predicted molar refractivity (Wildman–Crippen MR) is 306 cm³/mol. The Kier molecular flexibility index (Phi) is 13.3. The van der Waals surface area contributed by atoms with Crippen molar-refractivity contribution in [1.29, 1.82) is 0 Å². The molecule has 71 heavy (non-hydrogen) atoms. The van der Waals surface area contributed by atoms with Crippen LogP contribution in [-0.2, 0) is 6.42 Å². The number of allylic oxidation sites excluding steroid dienone is 9. The van der Waals surface area contributed by atoms with Crippen LogP contribution in [0.15, 0.2) is 272 Å². The minimum Gasteiger partial charge on any atom is -0.338 e. The Balaban J connectivity index is 0.955. The Morgan fingerprint density at radius 1 is 0.535 bits per heavy atom. The first kappa shape index (κ1) is 45.0. The van der Waals surface area contributed by atoms with Crippen molar-refractivity contribution in [1.82, 2.24) is 0 Å². The van der Waals surface area contributed by atoms with Gasteiger partial charge < -0.3 is 9.80 Å². The van der Waals surface area contributed by atoms with Crippen LogP contribution >= 0.6 is 0 Å². The molecule has 0 atom stereocenters. The third kappa shape index (κ3) is 10.0. The van der Waals surface area contributed by atoms with Crippen LogP contribution in [0.25, 0.3) is 54.9 Å². The summed E-state index contributed by atoms with van der Waals surface area (Å²) < 4.78 is 0. The molecule has 0 amide bonds. The third-order valence-corrected chi connectivity index (χ3v) is 14.1. The Bertz CT molecular complexity index is 3520. The minimum absolute atomic E-state index is 0.691. The largest absolute Gasteiger partial charge is 0.338 e. The molecule has 9 aromatic rings. The molecule has 0 spiro atoms. The van der Waals surface area contributed by atoms with Gasteiger partial charge in [-0.1, -0.05) is 219 Å². The monoisotopic (exact) mass is 914 g/mol. The molecule has 1 aliphatic carbocycles. The van der Waals surface area contributed by atoms with Crippen molar-refractivity contribution in [2.45, 2.75) is 32.6 Å². The van der Waals surface area contributed by atoms with E-state index in [4.69, 9.17) is 0 Å². The second kappa shape index (κ2) is 21.0. The average Bonchev–Trinajstić information content (AvgIpc) is 3.52. The van der Waals surface area contributed by atoms with Gasteiger partial charge in [-0.2, -0.15) is 0 Å². The minimum atomic E-state index is 0.691. The molecule has 0 fully saturated rings. The first-order chi connectivity index (χ1) is 35.1. The first-order valence-corrected chi connectivity index (χ1v) is 25.2. The zero-order valence-electron chi connectivity index (χ0n) is 40.5. The van der Waals surface area contributed by atoms with Gasteiger partial charge in [0.2, 0.25) is 0 Å². The lowest BCUT2D eigenvalue weighted by atomic mass is 9.94. The van der Waals surface area contributed by atoms with Gasteiger partial charge in [-0.3, -0.25) is 0 Å². The van der Waals surface area contributed by atoms with Crippen LogP contribution in [0.1, 0.15) is 42.9 Å². The van der Waals surface area contributed by atoms with Crippen LogP contribution < -0.4 is 9.80 Å². The second-order valence-electron chi connectivity index (χ2n) is 18.6. The molecule has 0 saturated heterocycles. The molecular weight excluding hydrogens is 857 g/mol. The number of para-hydroxylation sites is 2. The first-order valence-electron chi connectivity index (χ1n) is 25.2. The summed E-state index contributed by atoms with van der Waals surface area (Å²) in [4.78, 5) is 4.96. The highest BCUT2D eigenvalue weighted by molar-refractivity contribution is 5.97. The van der Waals surface area contributed by atoms with E-state index >= 15 is 0 Å². The molecule has 0 aromatic heterocycles. The molecule has 2 aliphatic rings. The molecule has 2 nitrogen and oxygen atoms in total. The van der Waals surface area contributed by atoms with E-state index in [0.29, 0.717) is 6.54 Å². The highest BCUT2D eigenvalue weighted by Gasteiger charge is 2.21. The van der Waals surface area contributed by atoms with E-state index < -0.39 is 0 Å². The summed E-state index contributed by atoms with van der Waals surface area (Å²) in [5, 5.41) is 5.05. The van der Waals surface area contributed by atoms with Gasteiger partial charge in [0, 0.05) is 42.3 Å². The summed E-state index contributed by atoms with van der Waals surface area (Å²) in [6.07, 6.45) is 22.5. The van der Waals surface area contributed by atoms with Gasteiger partial charge in [0.05, 0.1) is 0 Å². The third-order valence-electron chi connectivity index (χ3n) is 14.1. The Labute approximate surface area is 419 Å². The van der Waals surface area contributed by atoms with Crippen molar-refractivity contribution in [3.05, 3.63) is 289 Å².